The van der Waals surface area contributed by atoms with E-state index in [4.69, 9.17) is 37.5 Å². The summed E-state index contributed by atoms with van der Waals surface area (Å²) in [5.74, 6) is -0.883. The average Bonchev–Trinajstić information content (AvgIpc) is 3.22. The van der Waals surface area contributed by atoms with Crippen molar-refractivity contribution in [1.82, 2.24) is 0 Å². The summed E-state index contributed by atoms with van der Waals surface area (Å²) in [6.45, 7) is 0. The number of carbonyl (C=O) groups is 2. The van der Waals surface area contributed by atoms with E-state index in [1.165, 1.54) is 26.4 Å². The van der Waals surface area contributed by atoms with Gasteiger partial charge in [-0.15, -0.1) is 0 Å². The van der Waals surface area contributed by atoms with E-state index in [1.54, 1.807) is 24.3 Å². The Morgan fingerprint density at radius 2 is 1.82 bits per heavy atom. The Morgan fingerprint density at radius 1 is 1.04 bits per heavy atom. The van der Waals surface area contributed by atoms with Crippen molar-refractivity contribution in [1.29, 1.82) is 0 Å². The molecular weight excluding hydrogens is 407 g/mol. The van der Waals surface area contributed by atoms with Crippen LogP contribution in [0.5, 0.6) is 11.5 Å². The Bertz CT molecular complexity index is 1020. The fourth-order valence-electron chi connectivity index (χ4n) is 3.31. The molecule has 0 N–H and O–H groups in total. The number of anilines is 1. The van der Waals surface area contributed by atoms with Gasteiger partial charge in [0.2, 0.25) is 12.0 Å². The molecule has 2 unspecified atom stereocenters. The Labute approximate surface area is 170 Å². The summed E-state index contributed by atoms with van der Waals surface area (Å²) in [6.07, 6.45) is -1.05. The summed E-state index contributed by atoms with van der Waals surface area (Å²) >= 11 is 12.1. The molecule has 1 saturated heterocycles. The molecule has 0 spiro atoms. The number of nitrogens with zero attached hydrogens (tertiary/aromatic N) is 2. The summed E-state index contributed by atoms with van der Waals surface area (Å²) in [6, 6.07) is 9.63. The van der Waals surface area contributed by atoms with Gasteiger partial charge in [-0.1, -0.05) is 28.4 Å². The van der Waals surface area contributed by atoms with Gasteiger partial charge in [-0.25, -0.2) is 4.90 Å². The number of benzene rings is 2. The van der Waals surface area contributed by atoms with E-state index >= 15 is 0 Å². The van der Waals surface area contributed by atoms with E-state index in [0.717, 1.165) is 4.90 Å². The second-order valence-electron chi connectivity index (χ2n) is 6.15. The highest BCUT2D eigenvalue weighted by Crippen LogP contribution is 2.40. The molecule has 0 saturated carbocycles. The molecule has 2 aromatic rings. The minimum Gasteiger partial charge on any atom is -0.497 e. The highest BCUT2D eigenvalue weighted by atomic mass is 35.5. The highest BCUT2D eigenvalue weighted by Gasteiger charge is 2.56. The van der Waals surface area contributed by atoms with E-state index in [-0.39, 0.29) is 10.7 Å². The van der Waals surface area contributed by atoms with Crippen LogP contribution in [0, 0.1) is 5.92 Å². The molecule has 0 bridgehead atoms. The molecule has 144 valence electrons. The van der Waals surface area contributed by atoms with Crippen LogP contribution < -0.4 is 14.4 Å². The fraction of sp³-hybridized carbons (Fsp3) is 0.211. The van der Waals surface area contributed by atoms with Crippen LogP contribution in [0.2, 0.25) is 10.0 Å². The fourth-order valence-corrected chi connectivity index (χ4v) is 3.80. The summed E-state index contributed by atoms with van der Waals surface area (Å²) in [5.41, 5.74) is 1.11. The molecule has 2 heterocycles. The van der Waals surface area contributed by atoms with Crippen molar-refractivity contribution in [3.63, 3.8) is 0 Å². The molecule has 0 aliphatic carbocycles. The highest BCUT2D eigenvalue weighted by molar-refractivity contribution is 6.40. The van der Waals surface area contributed by atoms with Crippen LogP contribution in [-0.2, 0) is 14.4 Å². The molecule has 4 rings (SSSR count). The van der Waals surface area contributed by atoms with Gasteiger partial charge >= 0.3 is 0 Å². The summed E-state index contributed by atoms with van der Waals surface area (Å²) in [7, 11) is 3.03. The number of hydrogen-bond donors (Lipinski definition) is 0. The summed E-state index contributed by atoms with van der Waals surface area (Å²) in [4.78, 5) is 32.3. The molecule has 1 fully saturated rings. The Kier molecular flexibility index (Phi) is 4.64. The molecule has 2 amide bonds. The van der Waals surface area contributed by atoms with Gasteiger partial charge in [-0.2, -0.15) is 0 Å². The van der Waals surface area contributed by atoms with Gasteiger partial charge in [0.25, 0.3) is 5.91 Å². The molecule has 2 atom stereocenters. The summed E-state index contributed by atoms with van der Waals surface area (Å²) in [5, 5.41) is 4.58. The van der Waals surface area contributed by atoms with Crippen molar-refractivity contribution in [2.24, 2.45) is 11.1 Å². The molecule has 2 aliphatic rings. The molecular formula is C19H14Cl2N2O5. The van der Waals surface area contributed by atoms with Gasteiger partial charge in [-0.05, 0) is 30.3 Å². The smallest absolute Gasteiger partial charge is 0.279 e. The third-order valence-electron chi connectivity index (χ3n) is 4.65. The normalized spacial score (nSPS) is 20.7. The SMILES string of the molecule is COc1ccc(C2=NOC3C(=O)N(c4ccc(Cl)cc4Cl)C(=O)C23)c(OC)c1. The second-order valence-corrected chi connectivity index (χ2v) is 7.00. The van der Waals surface area contributed by atoms with Crippen molar-refractivity contribution >= 4 is 46.4 Å². The molecule has 7 nitrogen and oxygen atoms in total. The number of rotatable bonds is 4. The minimum absolute atomic E-state index is 0.190. The van der Waals surface area contributed by atoms with Gasteiger partial charge in [0.15, 0.2) is 0 Å². The maximum absolute atomic E-state index is 13.1. The quantitative estimate of drug-likeness (QED) is 0.709. The number of carbonyl (C=O) groups excluding carboxylic acids is 2. The van der Waals surface area contributed by atoms with E-state index in [1.807, 2.05) is 0 Å². The number of oxime groups is 1. The van der Waals surface area contributed by atoms with Crippen LogP contribution in [0.25, 0.3) is 0 Å². The van der Waals surface area contributed by atoms with Crippen molar-refractivity contribution < 1.29 is 23.9 Å². The maximum atomic E-state index is 13.1. The van der Waals surface area contributed by atoms with Crippen LogP contribution in [0.1, 0.15) is 5.56 Å². The number of fused-ring (bicyclic) bond motifs is 1. The van der Waals surface area contributed by atoms with E-state index in [0.29, 0.717) is 27.8 Å². The molecule has 2 aliphatic heterocycles. The van der Waals surface area contributed by atoms with Gasteiger partial charge in [0.1, 0.15) is 23.1 Å². The van der Waals surface area contributed by atoms with E-state index in [2.05, 4.69) is 5.16 Å². The number of ether oxygens (including phenoxy) is 2. The number of methoxy groups -OCH3 is 2. The molecule has 28 heavy (non-hydrogen) atoms. The first-order chi connectivity index (χ1) is 13.5. The third kappa shape index (κ3) is 2.78. The van der Waals surface area contributed by atoms with Crippen molar-refractivity contribution in [3.8, 4) is 11.5 Å². The average molecular weight is 421 g/mol. The van der Waals surface area contributed by atoms with Crippen molar-refractivity contribution in [3.05, 3.63) is 52.0 Å². The van der Waals surface area contributed by atoms with Gasteiger partial charge in [-0.3, -0.25) is 9.59 Å². The molecule has 2 aromatic carbocycles. The van der Waals surface area contributed by atoms with Crippen LogP contribution in [0.15, 0.2) is 41.6 Å². The monoisotopic (exact) mass is 420 g/mol. The van der Waals surface area contributed by atoms with Crippen LogP contribution in [0.4, 0.5) is 5.69 Å². The topological polar surface area (TPSA) is 77.4 Å². The first kappa shape index (κ1) is 18.6. The van der Waals surface area contributed by atoms with Crippen LogP contribution >= 0.6 is 23.2 Å². The lowest BCUT2D eigenvalue weighted by molar-refractivity contribution is -0.126. The van der Waals surface area contributed by atoms with Crippen molar-refractivity contribution in [2.75, 3.05) is 19.1 Å². The second kappa shape index (κ2) is 7.00. The lowest BCUT2D eigenvalue weighted by Gasteiger charge is -2.17. The van der Waals surface area contributed by atoms with E-state index < -0.39 is 23.8 Å². The zero-order valence-corrected chi connectivity index (χ0v) is 16.3. The van der Waals surface area contributed by atoms with Crippen molar-refractivity contribution in [2.45, 2.75) is 6.10 Å². The maximum Gasteiger partial charge on any atom is 0.279 e. The molecule has 0 aromatic heterocycles. The minimum atomic E-state index is -1.05. The number of halogens is 2. The zero-order valence-electron chi connectivity index (χ0n) is 14.8. The third-order valence-corrected chi connectivity index (χ3v) is 5.19. The number of imide groups is 1. The lowest BCUT2D eigenvalue weighted by Crippen LogP contribution is -2.33. The lowest BCUT2D eigenvalue weighted by atomic mass is 9.93. The van der Waals surface area contributed by atoms with E-state index in [9.17, 15) is 9.59 Å². The predicted octanol–water partition coefficient (Wildman–Crippen LogP) is 3.30. The van der Waals surface area contributed by atoms with Crippen LogP contribution in [0.3, 0.4) is 0 Å². The van der Waals surface area contributed by atoms with Gasteiger partial charge in [0.05, 0.1) is 24.9 Å². The first-order valence-electron chi connectivity index (χ1n) is 8.25. The molecule has 9 heteroatoms. The Morgan fingerprint density at radius 3 is 2.50 bits per heavy atom. The summed E-state index contributed by atoms with van der Waals surface area (Å²) < 4.78 is 10.6. The Hall–Kier alpha value is -2.77. The number of hydrogen-bond acceptors (Lipinski definition) is 6. The van der Waals surface area contributed by atoms with Gasteiger partial charge in [0, 0.05) is 16.7 Å². The standard InChI is InChI=1S/C19H14Cl2N2O5/c1-26-10-4-5-11(14(8-10)27-2)16-15-17(28-22-16)19(25)23(18(15)24)13-6-3-9(20)7-12(13)21/h3-8,15,17H,1-2H3. The Balaban J connectivity index is 1.73. The van der Waals surface area contributed by atoms with Crippen LogP contribution in [-0.4, -0.2) is 37.8 Å². The predicted molar refractivity (Wildman–Crippen MR) is 103 cm³/mol. The molecule has 0 radical (unpaired) electrons. The zero-order chi connectivity index (χ0) is 20.0. The largest absolute Gasteiger partial charge is 0.497 e. The first-order valence-corrected chi connectivity index (χ1v) is 9.01. The van der Waals surface area contributed by atoms with Gasteiger partial charge < -0.3 is 14.3 Å². The number of amides is 2.